The van der Waals surface area contributed by atoms with Gasteiger partial charge in [-0.15, -0.1) is 0 Å². The van der Waals surface area contributed by atoms with Gasteiger partial charge < -0.3 is 44.0 Å². The van der Waals surface area contributed by atoms with Gasteiger partial charge in [0.25, 0.3) is 23.6 Å². The molecule has 18 nitrogen and oxygen atoms in total. The van der Waals surface area contributed by atoms with Crippen LogP contribution >= 0.6 is 0 Å². The number of aliphatic hydroxyl groups excluding tert-OH is 1. The molecular weight excluding hydrogens is 941 g/mol. The molecule has 9 rings (SSSR count). The van der Waals surface area contributed by atoms with Crippen molar-refractivity contribution in [3.8, 4) is 0 Å². The Morgan fingerprint density at radius 3 is 1.33 bits per heavy atom. The predicted octanol–water partition coefficient (Wildman–Crippen LogP) is 6.82. The summed E-state index contributed by atoms with van der Waals surface area (Å²) >= 11 is 0. The minimum absolute atomic E-state index is 0. The van der Waals surface area contributed by atoms with Crippen molar-refractivity contribution in [3.05, 3.63) is 70.8 Å². The topological polar surface area (TPSA) is 237 Å². The molecule has 73 heavy (non-hydrogen) atoms. The first-order valence-corrected chi connectivity index (χ1v) is 25.5. The van der Waals surface area contributed by atoms with Gasteiger partial charge in [0.2, 0.25) is 0 Å². The number of carbonyl (C=O) groups excluding carboxylic acids is 7. The Bertz CT molecular complexity index is 2180. The largest absolute Gasteiger partial charge is 0.463 e. The second-order valence-corrected chi connectivity index (χ2v) is 20.1. The summed E-state index contributed by atoms with van der Waals surface area (Å²) in [5, 5.41) is 9.54. The Morgan fingerprint density at radius 1 is 0.616 bits per heavy atom. The van der Waals surface area contributed by atoms with Crippen LogP contribution < -0.4 is 5.73 Å². The van der Waals surface area contributed by atoms with Gasteiger partial charge in [0.05, 0.1) is 84.2 Å². The van der Waals surface area contributed by atoms with E-state index in [0.29, 0.717) is 60.9 Å². The third kappa shape index (κ3) is 15.3. The van der Waals surface area contributed by atoms with Crippen molar-refractivity contribution in [3.63, 3.8) is 0 Å². The Balaban J connectivity index is 0.000000242. The Kier molecular flexibility index (Phi) is 21.3. The van der Waals surface area contributed by atoms with E-state index in [9.17, 15) is 38.7 Å². The second-order valence-electron chi connectivity index (χ2n) is 20.1. The van der Waals surface area contributed by atoms with Crippen LogP contribution in [0, 0.1) is 0 Å². The molecule has 0 aromatic heterocycles. The lowest BCUT2D eigenvalue weighted by molar-refractivity contribution is -0.315. The second kappa shape index (κ2) is 26.4. The molecule has 0 bridgehead atoms. The molecule has 3 radical (unpaired) electrons. The number of esters is 3. The monoisotopic (exact) mass is 1020 g/mol. The number of benzene rings is 2. The van der Waals surface area contributed by atoms with Crippen LogP contribution in [0.15, 0.2) is 48.5 Å². The molecule has 6 atom stereocenters. The van der Waals surface area contributed by atoms with Gasteiger partial charge in [0.15, 0.2) is 11.6 Å². The lowest BCUT2D eigenvalue weighted by Crippen LogP contribution is -2.48. The zero-order valence-corrected chi connectivity index (χ0v) is 42.1. The highest BCUT2D eigenvalue weighted by Gasteiger charge is 2.47. The number of fused-ring (bicyclic) bond motifs is 2. The number of ether oxygens (including phenoxy) is 7. The summed E-state index contributed by atoms with van der Waals surface area (Å²) < 4.78 is 40.4. The van der Waals surface area contributed by atoms with Crippen LogP contribution in [0.1, 0.15) is 187 Å². The molecule has 5 aliphatic heterocycles. The van der Waals surface area contributed by atoms with Crippen molar-refractivity contribution in [2.24, 2.45) is 5.73 Å². The summed E-state index contributed by atoms with van der Waals surface area (Å²) in [5.74, 6) is -3.19. The van der Waals surface area contributed by atoms with Crippen molar-refractivity contribution < 1.29 is 73.3 Å². The van der Waals surface area contributed by atoms with E-state index in [1.807, 2.05) is 27.7 Å². The van der Waals surface area contributed by atoms with Crippen LogP contribution in [-0.2, 0) is 47.5 Å². The average Bonchev–Trinajstić information content (AvgIpc) is 4.06. The van der Waals surface area contributed by atoms with Crippen molar-refractivity contribution in [1.82, 2.24) is 9.80 Å². The summed E-state index contributed by atoms with van der Waals surface area (Å²) in [7, 11) is 0. The zero-order valence-electron chi connectivity index (χ0n) is 42.1. The van der Waals surface area contributed by atoms with Crippen molar-refractivity contribution in [2.45, 2.75) is 205 Å². The molecule has 4 amide bonds. The van der Waals surface area contributed by atoms with Gasteiger partial charge in [-0.2, -0.15) is 0 Å². The van der Waals surface area contributed by atoms with Crippen molar-refractivity contribution in [1.29, 1.82) is 0 Å². The normalized spacial score (nSPS) is 25.5. The van der Waals surface area contributed by atoms with Crippen molar-refractivity contribution >= 4 is 49.9 Å². The number of nitrogens with zero attached hydrogens (tertiary/aromatic N) is 2. The number of carbonyl (C=O) groups is 7. The number of rotatable bonds is 14. The first kappa shape index (κ1) is 58.8. The predicted molar refractivity (Wildman–Crippen MR) is 269 cm³/mol. The van der Waals surface area contributed by atoms with E-state index in [1.54, 1.807) is 48.5 Å². The van der Waals surface area contributed by atoms with E-state index < -0.39 is 29.8 Å². The smallest absolute Gasteiger partial charge is 0.308 e. The summed E-state index contributed by atoms with van der Waals surface area (Å²) in [5.41, 5.74) is 7.37. The van der Waals surface area contributed by atoms with Crippen LogP contribution in [0.5, 0.6) is 0 Å². The van der Waals surface area contributed by atoms with Crippen LogP contribution in [0.3, 0.4) is 0 Å². The van der Waals surface area contributed by atoms with Gasteiger partial charge in [-0.1, -0.05) is 31.7 Å². The quantitative estimate of drug-likeness (QED) is 0.0854. The molecule has 19 heteroatoms. The van der Waals surface area contributed by atoms with Crippen LogP contribution in [0.25, 0.3) is 0 Å². The molecule has 5 heterocycles. The maximum atomic E-state index is 12.6. The summed E-state index contributed by atoms with van der Waals surface area (Å²) in [6.45, 7) is 8.44. The standard InChI is InChI=1S/C23H29NO6.C15H15NO5.C15H27NO4.CH4.B.H2/c1-15(2)28-20(25)14-17-13-16(29-23(30-17)10-5-6-11-23)9-12-24-21(26)18-7-3-4-8-19(18)22(24)27;17-9-7-10(21-13(18)8-9)5-6-16-14(19)11-3-1-2-4-12(11)15(16)20;1-11(2)18-14(17)10-13-9-12(5-8-16)19-15(20-13)6-3-4-7-15;;;/h3-4,7-8,15-17H,5-6,9-14H2,1-2H3;1-4,9-10,17H,5-8H2;11-13H,3-10,16H2,1-2H3;1H4;;1H/t16-,17-;9-,10-;12-,13-;;;/m111.../s1. The number of amides is 4. The molecule has 401 valence electrons. The summed E-state index contributed by atoms with van der Waals surface area (Å²) in [4.78, 5) is 87.3. The molecule has 3 N–H and O–H groups in total. The minimum atomic E-state index is -0.710. The van der Waals surface area contributed by atoms with Crippen LogP contribution in [-0.4, -0.2) is 145 Å². The van der Waals surface area contributed by atoms with Gasteiger partial charge in [0.1, 0.15) is 6.10 Å². The highest BCUT2D eigenvalue weighted by molar-refractivity contribution is 6.22. The van der Waals surface area contributed by atoms with E-state index in [0.717, 1.165) is 64.2 Å². The van der Waals surface area contributed by atoms with Gasteiger partial charge in [0, 0.05) is 74.3 Å². The van der Waals surface area contributed by atoms with Crippen LogP contribution in [0.2, 0.25) is 0 Å². The third-order valence-corrected chi connectivity index (χ3v) is 13.7. The van der Waals surface area contributed by atoms with Gasteiger partial charge >= 0.3 is 17.9 Å². The first-order chi connectivity index (χ1) is 34.0. The molecule has 5 fully saturated rings. The molecule has 2 aliphatic carbocycles. The molecular formula is C54H77BN3O15. The average molecular weight is 1020 g/mol. The fourth-order valence-corrected chi connectivity index (χ4v) is 10.6. The highest BCUT2D eigenvalue weighted by atomic mass is 16.7. The Hall–Kier alpha value is -5.05. The number of imide groups is 2. The summed E-state index contributed by atoms with van der Waals surface area (Å²) in [6, 6.07) is 13.6. The zero-order chi connectivity index (χ0) is 50.9. The van der Waals surface area contributed by atoms with E-state index >= 15 is 0 Å². The third-order valence-electron chi connectivity index (χ3n) is 13.7. The van der Waals surface area contributed by atoms with Gasteiger partial charge in [-0.3, -0.25) is 43.4 Å². The Labute approximate surface area is 432 Å². The molecule has 0 unspecified atom stereocenters. The van der Waals surface area contributed by atoms with E-state index in [2.05, 4.69) is 0 Å². The number of nitrogens with two attached hydrogens (primary N) is 1. The first-order valence-electron chi connectivity index (χ1n) is 25.5. The van der Waals surface area contributed by atoms with E-state index in [4.69, 9.17) is 38.9 Å². The Morgan fingerprint density at radius 2 is 0.973 bits per heavy atom. The fraction of sp³-hybridized carbons (Fsp3) is 0.648. The SMILES string of the molecule is C.CC(C)OC(=O)C[C@H]1C[C@@H](CCN)OC2(CCCC2)O1.CC(C)OC(=O)C[C@H]1C[C@@H](CCN2C(=O)c3ccccc3C2=O)OC2(CCCC2)O1.O=C1C[C@H](O)C[C@@H](CCN2C(=O)c3ccccc3C2=O)O1.[B].[HH]. The molecule has 3 saturated heterocycles. The molecule has 7 aliphatic rings. The number of cyclic esters (lactones) is 1. The van der Waals surface area contributed by atoms with Crippen LogP contribution in [0.4, 0.5) is 0 Å². The van der Waals surface area contributed by atoms with Crippen molar-refractivity contribution in [2.75, 3.05) is 19.6 Å². The molecule has 2 aromatic carbocycles. The van der Waals surface area contributed by atoms with Gasteiger partial charge in [-0.25, -0.2) is 0 Å². The number of hydrogen-bond donors (Lipinski definition) is 2. The molecule has 2 aromatic rings. The maximum Gasteiger partial charge on any atom is 0.308 e. The van der Waals surface area contributed by atoms with E-state index in [1.165, 1.54) is 9.80 Å². The lowest BCUT2D eigenvalue weighted by atomic mass is 10.0. The summed E-state index contributed by atoms with van der Waals surface area (Å²) in [6.07, 6.45) is 9.64. The van der Waals surface area contributed by atoms with Gasteiger partial charge in [-0.05, 0) is 97.0 Å². The lowest BCUT2D eigenvalue weighted by Gasteiger charge is -2.43. The molecule has 2 spiro atoms. The number of hydrogen-bond acceptors (Lipinski definition) is 16. The van der Waals surface area contributed by atoms with E-state index in [-0.39, 0.29) is 115 Å². The minimum Gasteiger partial charge on any atom is -0.463 e. The maximum absolute atomic E-state index is 12.6. The highest BCUT2D eigenvalue weighted by Crippen LogP contribution is 2.43. The fourth-order valence-electron chi connectivity index (χ4n) is 10.6. The number of aliphatic hydroxyl groups is 1. The molecule has 2 saturated carbocycles.